The van der Waals surface area contributed by atoms with Gasteiger partial charge in [0.1, 0.15) is 0 Å². The van der Waals surface area contributed by atoms with Crippen molar-refractivity contribution in [2.45, 2.75) is 6.92 Å². The molecule has 2 aromatic heterocycles. The van der Waals surface area contributed by atoms with Crippen molar-refractivity contribution in [1.82, 2.24) is 15.2 Å². The van der Waals surface area contributed by atoms with E-state index < -0.39 is 0 Å². The van der Waals surface area contributed by atoms with E-state index in [-0.39, 0.29) is 0 Å². The molecule has 2 rings (SSSR count). The van der Waals surface area contributed by atoms with Crippen molar-refractivity contribution < 1.29 is 4.79 Å². The van der Waals surface area contributed by atoms with Crippen LogP contribution in [-0.4, -0.2) is 21.5 Å². The third-order valence-corrected chi connectivity index (χ3v) is 1.96. The number of hydrogen-bond acceptors (Lipinski definition) is 3. The Morgan fingerprint density at radius 1 is 1.36 bits per heavy atom. The third-order valence-electron chi connectivity index (χ3n) is 1.96. The largest absolute Gasteiger partial charge is 0.298 e. The highest BCUT2D eigenvalue weighted by atomic mass is 16.1. The van der Waals surface area contributed by atoms with E-state index in [1.807, 2.05) is 13.0 Å². The summed E-state index contributed by atoms with van der Waals surface area (Å²) in [6.07, 6.45) is 5.75. The van der Waals surface area contributed by atoms with Crippen LogP contribution in [0.5, 0.6) is 0 Å². The van der Waals surface area contributed by atoms with E-state index in [0.29, 0.717) is 5.56 Å². The van der Waals surface area contributed by atoms with Crippen LogP contribution in [0.1, 0.15) is 15.9 Å². The van der Waals surface area contributed by atoms with Crippen LogP contribution < -0.4 is 0 Å². The van der Waals surface area contributed by atoms with E-state index in [4.69, 9.17) is 0 Å². The number of hydrogen-bond donors (Lipinski definition) is 1. The minimum absolute atomic E-state index is 0.553. The number of aryl methyl sites for hydroxylation is 1. The Hall–Kier alpha value is -1.97. The van der Waals surface area contributed by atoms with Crippen molar-refractivity contribution in [2.24, 2.45) is 0 Å². The molecule has 0 spiro atoms. The summed E-state index contributed by atoms with van der Waals surface area (Å²) in [7, 11) is 0. The van der Waals surface area contributed by atoms with Gasteiger partial charge in [-0.25, -0.2) is 0 Å². The zero-order valence-electron chi connectivity index (χ0n) is 7.69. The van der Waals surface area contributed by atoms with E-state index in [9.17, 15) is 4.79 Å². The summed E-state index contributed by atoms with van der Waals surface area (Å²) in [6.45, 7) is 1.95. The predicted octanol–water partition coefficient (Wildman–Crippen LogP) is 1.59. The number of carbonyl (C=O) groups is 1. The van der Waals surface area contributed by atoms with Crippen LogP contribution >= 0.6 is 0 Å². The van der Waals surface area contributed by atoms with Crippen molar-refractivity contribution in [3.05, 3.63) is 35.8 Å². The molecule has 4 nitrogen and oxygen atoms in total. The highest BCUT2D eigenvalue weighted by Gasteiger charge is 2.06. The minimum atomic E-state index is 0.553. The van der Waals surface area contributed by atoms with Gasteiger partial charge in [0.25, 0.3) is 0 Å². The number of pyridine rings is 1. The van der Waals surface area contributed by atoms with Gasteiger partial charge in [-0.1, -0.05) is 0 Å². The number of rotatable bonds is 2. The number of nitrogens with one attached hydrogen (secondary N) is 1. The van der Waals surface area contributed by atoms with Crippen LogP contribution in [0.2, 0.25) is 0 Å². The van der Waals surface area contributed by atoms with Crippen molar-refractivity contribution in [3.8, 4) is 11.3 Å². The van der Waals surface area contributed by atoms with Crippen LogP contribution in [0.3, 0.4) is 0 Å². The highest BCUT2D eigenvalue weighted by molar-refractivity contribution is 5.85. The summed E-state index contributed by atoms with van der Waals surface area (Å²) >= 11 is 0. The molecule has 0 aliphatic carbocycles. The maximum Gasteiger partial charge on any atom is 0.153 e. The van der Waals surface area contributed by atoms with Crippen molar-refractivity contribution in [1.29, 1.82) is 0 Å². The molecule has 0 saturated carbocycles. The smallest absolute Gasteiger partial charge is 0.153 e. The van der Waals surface area contributed by atoms with Gasteiger partial charge in [-0.3, -0.25) is 14.9 Å². The Balaban J connectivity index is 2.54. The monoisotopic (exact) mass is 187 g/mol. The first-order chi connectivity index (χ1) is 6.81. The van der Waals surface area contributed by atoms with Gasteiger partial charge >= 0.3 is 0 Å². The Morgan fingerprint density at radius 3 is 2.93 bits per heavy atom. The molecule has 0 saturated heterocycles. The van der Waals surface area contributed by atoms with Gasteiger partial charge in [0, 0.05) is 18.0 Å². The van der Waals surface area contributed by atoms with Gasteiger partial charge in [-0.15, -0.1) is 0 Å². The molecule has 0 amide bonds. The molecule has 70 valence electrons. The normalized spacial score (nSPS) is 10.1. The van der Waals surface area contributed by atoms with E-state index in [1.54, 1.807) is 12.4 Å². The Bertz CT molecular complexity index is 462. The third kappa shape index (κ3) is 1.42. The molecule has 0 aliphatic heterocycles. The average molecular weight is 187 g/mol. The summed E-state index contributed by atoms with van der Waals surface area (Å²) in [6, 6.07) is 1.95. The second kappa shape index (κ2) is 3.41. The molecule has 0 radical (unpaired) electrons. The Labute approximate surface area is 81.0 Å². The number of aldehydes is 1. The van der Waals surface area contributed by atoms with Gasteiger partial charge in [-0.05, 0) is 18.6 Å². The fraction of sp³-hybridized carbons (Fsp3) is 0.100. The van der Waals surface area contributed by atoms with Crippen molar-refractivity contribution >= 4 is 6.29 Å². The van der Waals surface area contributed by atoms with Gasteiger partial charge in [-0.2, -0.15) is 5.10 Å². The lowest BCUT2D eigenvalue weighted by Crippen LogP contribution is -1.86. The zero-order chi connectivity index (χ0) is 9.97. The molecule has 1 N–H and O–H groups in total. The molecule has 2 heterocycles. The number of aromatic nitrogens is 3. The molecule has 14 heavy (non-hydrogen) atoms. The number of nitrogens with zero attached hydrogens (tertiary/aromatic N) is 2. The van der Waals surface area contributed by atoms with E-state index in [0.717, 1.165) is 23.1 Å². The molecule has 0 unspecified atom stereocenters. The number of H-pyrrole nitrogens is 1. The first-order valence-electron chi connectivity index (χ1n) is 4.22. The second-order valence-electron chi connectivity index (χ2n) is 3.07. The fourth-order valence-corrected chi connectivity index (χ4v) is 1.31. The molecule has 0 atom stereocenters. The lowest BCUT2D eigenvalue weighted by atomic mass is 10.1. The molecule has 4 heteroatoms. The van der Waals surface area contributed by atoms with Crippen LogP contribution in [0.4, 0.5) is 0 Å². The van der Waals surface area contributed by atoms with Gasteiger partial charge < -0.3 is 0 Å². The van der Waals surface area contributed by atoms with Crippen LogP contribution in [-0.2, 0) is 0 Å². The maximum absolute atomic E-state index is 10.7. The quantitative estimate of drug-likeness (QED) is 0.726. The Morgan fingerprint density at radius 2 is 2.21 bits per heavy atom. The van der Waals surface area contributed by atoms with Gasteiger partial charge in [0.15, 0.2) is 6.29 Å². The summed E-state index contributed by atoms with van der Waals surface area (Å²) in [5.74, 6) is 0. The molecule has 0 bridgehead atoms. The minimum Gasteiger partial charge on any atom is -0.298 e. The second-order valence-corrected chi connectivity index (χ2v) is 3.07. The molecular formula is C10H9N3O. The SMILES string of the molecule is Cc1cncc(-c2[nH]ncc2C=O)c1. The summed E-state index contributed by atoms with van der Waals surface area (Å²) in [4.78, 5) is 14.7. The molecule has 0 aliphatic rings. The van der Waals surface area contributed by atoms with Crippen molar-refractivity contribution in [3.63, 3.8) is 0 Å². The molecule has 0 fully saturated rings. The van der Waals surface area contributed by atoms with Crippen LogP contribution in [0, 0.1) is 6.92 Å². The highest BCUT2D eigenvalue weighted by Crippen LogP contribution is 2.19. The topological polar surface area (TPSA) is 58.6 Å². The Kier molecular flexibility index (Phi) is 2.10. The number of carbonyl (C=O) groups excluding carboxylic acids is 1. The summed E-state index contributed by atoms with van der Waals surface area (Å²) in [5.41, 5.74) is 3.20. The van der Waals surface area contributed by atoms with Crippen LogP contribution in [0.15, 0.2) is 24.7 Å². The van der Waals surface area contributed by atoms with Crippen molar-refractivity contribution in [2.75, 3.05) is 0 Å². The zero-order valence-corrected chi connectivity index (χ0v) is 7.69. The fourth-order valence-electron chi connectivity index (χ4n) is 1.31. The summed E-state index contributed by atoms with van der Waals surface area (Å²) < 4.78 is 0. The van der Waals surface area contributed by atoms with E-state index >= 15 is 0 Å². The van der Waals surface area contributed by atoms with Gasteiger partial charge in [0.2, 0.25) is 0 Å². The average Bonchev–Trinajstić information content (AvgIpc) is 2.65. The predicted molar refractivity (Wildman–Crippen MR) is 51.9 cm³/mol. The first kappa shape index (κ1) is 8.62. The van der Waals surface area contributed by atoms with Crippen LogP contribution in [0.25, 0.3) is 11.3 Å². The summed E-state index contributed by atoms with van der Waals surface area (Å²) in [5, 5.41) is 6.59. The standard InChI is InChI=1S/C10H9N3O/c1-7-2-8(4-11-3-7)10-9(6-14)5-12-13-10/h2-6H,1H3,(H,12,13). The lowest BCUT2D eigenvalue weighted by Gasteiger charge is -1.98. The molecule has 2 aromatic rings. The van der Waals surface area contributed by atoms with Gasteiger partial charge in [0.05, 0.1) is 17.5 Å². The maximum atomic E-state index is 10.7. The number of aromatic amines is 1. The lowest BCUT2D eigenvalue weighted by molar-refractivity contribution is 0.112. The van der Waals surface area contributed by atoms with E-state index in [2.05, 4.69) is 15.2 Å². The molecule has 0 aromatic carbocycles. The first-order valence-corrected chi connectivity index (χ1v) is 4.22. The molecular weight excluding hydrogens is 178 g/mol. The van der Waals surface area contributed by atoms with E-state index in [1.165, 1.54) is 6.20 Å².